The molecular formula is C15H21N3O2. The van der Waals surface area contributed by atoms with Crippen molar-refractivity contribution in [2.24, 2.45) is 5.92 Å². The Balaban J connectivity index is 1.54. The molecule has 3 rings (SSSR count). The van der Waals surface area contributed by atoms with Gasteiger partial charge in [0.15, 0.2) is 0 Å². The van der Waals surface area contributed by atoms with E-state index in [4.69, 9.17) is 5.21 Å². The van der Waals surface area contributed by atoms with Crippen molar-refractivity contribution in [3.63, 3.8) is 0 Å². The van der Waals surface area contributed by atoms with Gasteiger partial charge in [0.2, 0.25) is 0 Å². The Bertz CT molecular complexity index is 463. The third-order valence-electron chi connectivity index (χ3n) is 4.13. The summed E-state index contributed by atoms with van der Waals surface area (Å²) in [5.41, 5.74) is 3.34. The van der Waals surface area contributed by atoms with E-state index in [1.165, 1.54) is 19.4 Å². The summed E-state index contributed by atoms with van der Waals surface area (Å²) < 4.78 is 0. The van der Waals surface area contributed by atoms with Gasteiger partial charge in [-0.1, -0.05) is 0 Å². The van der Waals surface area contributed by atoms with Crippen molar-refractivity contribution in [3.8, 4) is 0 Å². The monoisotopic (exact) mass is 275 g/mol. The molecule has 2 fully saturated rings. The molecule has 0 unspecified atom stereocenters. The largest absolute Gasteiger partial charge is 0.336 e. The molecule has 0 atom stereocenters. The van der Waals surface area contributed by atoms with Gasteiger partial charge in [0.1, 0.15) is 0 Å². The summed E-state index contributed by atoms with van der Waals surface area (Å²) >= 11 is 0. The molecule has 0 bridgehead atoms. The molecule has 5 nitrogen and oxygen atoms in total. The van der Waals surface area contributed by atoms with Crippen LogP contribution in [0.2, 0.25) is 0 Å². The van der Waals surface area contributed by atoms with Crippen LogP contribution < -0.4 is 5.48 Å². The molecule has 1 aromatic carbocycles. The molecule has 1 saturated carbocycles. The van der Waals surface area contributed by atoms with E-state index in [-0.39, 0.29) is 5.91 Å². The molecule has 5 heteroatoms. The number of amides is 1. The summed E-state index contributed by atoms with van der Waals surface area (Å²) in [6, 6.07) is 6.90. The first-order valence-corrected chi connectivity index (χ1v) is 7.28. The van der Waals surface area contributed by atoms with Gasteiger partial charge < -0.3 is 4.90 Å². The van der Waals surface area contributed by atoms with Crippen LogP contribution in [-0.4, -0.2) is 53.6 Å². The number of hydrogen-bond donors (Lipinski definition) is 2. The summed E-state index contributed by atoms with van der Waals surface area (Å²) in [5, 5.41) is 8.77. The third-order valence-corrected chi connectivity index (χ3v) is 4.13. The lowest BCUT2D eigenvalue weighted by atomic mass is 10.1. The molecule has 1 amide bonds. The molecule has 0 aromatic heterocycles. The lowest BCUT2D eigenvalue weighted by molar-refractivity contribution is 0.0632. The van der Waals surface area contributed by atoms with Gasteiger partial charge in [0.25, 0.3) is 5.91 Å². The first kappa shape index (κ1) is 13.4. The number of carbonyl (C=O) groups excluding carboxylic acids is 1. The van der Waals surface area contributed by atoms with E-state index in [2.05, 4.69) is 10.4 Å². The summed E-state index contributed by atoms with van der Waals surface area (Å²) in [6.45, 7) is 4.80. The van der Waals surface area contributed by atoms with Gasteiger partial charge in [-0.2, -0.15) is 0 Å². The molecule has 20 heavy (non-hydrogen) atoms. The number of anilines is 1. The molecule has 1 aliphatic heterocycles. The van der Waals surface area contributed by atoms with Crippen LogP contribution in [0.4, 0.5) is 5.69 Å². The van der Waals surface area contributed by atoms with Gasteiger partial charge in [-0.05, 0) is 43.0 Å². The fourth-order valence-electron chi connectivity index (χ4n) is 2.67. The van der Waals surface area contributed by atoms with Crippen LogP contribution >= 0.6 is 0 Å². The molecule has 1 heterocycles. The Kier molecular flexibility index (Phi) is 3.89. The SMILES string of the molecule is O=C(c1ccc(NO)cc1)N1CCN(CC2CC2)CC1. The highest BCUT2D eigenvalue weighted by atomic mass is 16.5. The van der Waals surface area contributed by atoms with Crippen molar-refractivity contribution in [2.75, 3.05) is 38.2 Å². The second-order valence-electron chi connectivity index (χ2n) is 5.73. The average molecular weight is 275 g/mol. The van der Waals surface area contributed by atoms with E-state index in [0.717, 1.165) is 32.1 Å². The lowest BCUT2D eigenvalue weighted by Crippen LogP contribution is -2.49. The number of nitrogens with zero attached hydrogens (tertiary/aromatic N) is 2. The number of benzene rings is 1. The van der Waals surface area contributed by atoms with Crippen molar-refractivity contribution in [1.29, 1.82) is 0 Å². The number of piperazine rings is 1. The van der Waals surface area contributed by atoms with Gasteiger partial charge in [0.05, 0.1) is 5.69 Å². The molecule has 1 saturated heterocycles. The van der Waals surface area contributed by atoms with Crippen LogP contribution in [0.15, 0.2) is 24.3 Å². The Morgan fingerprint density at radius 2 is 1.80 bits per heavy atom. The van der Waals surface area contributed by atoms with Gasteiger partial charge in [-0.15, -0.1) is 0 Å². The zero-order chi connectivity index (χ0) is 13.9. The van der Waals surface area contributed by atoms with Crippen LogP contribution in [0.1, 0.15) is 23.2 Å². The average Bonchev–Trinajstić information content (AvgIpc) is 3.31. The standard InChI is InChI=1S/C15H21N3O2/c19-15(13-3-5-14(16-20)6-4-13)18-9-7-17(8-10-18)11-12-1-2-12/h3-6,12,16,20H,1-2,7-11H2. The maximum absolute atomic E-state index is 12.4. The van der Waals surface area contributed by atoms with Crippen molar-refractivity contribution in [1.82, 2.24) is 9.80 Å². The Hall–Kier alpha value is -1.59. The van der Waals surface area contributed by atoms with E-state index in [1.807, 2.05) is 4.90 Å². The van der Waals surface area contributed by atoms with Crippen molar-refractivity contribution >= 4 is 11.6 Å². The molecule has 2 aliphatic rings. The van der Waals surface area contributed by atoms with Crippen LogP contribution in [0.3, 0.4) is 0 Å². The van der Waals surface area contributed by atoms with Crippen LogP contribution in [0, 0.1) is 5.92 Å². The van der Waals surface area contributed by atoms with Gasteiger partial charge in [0, 0.05) is 38.3 Å². The summed E-state index contributed by atoms with van der Waals surface area (Å²) in [4.78, 5) is 16.8. The quantitative estimate of drug-likeness (QED) is 0.821. The maximum Gasteiger partial charge on any atom is 0.253 e. The molecule has 2 N–H and O–H groups in total. The molecule has 0 spiro atoms. The Morgan fingerprint density at radius 1 is 1.15 bits per heavy atom. The lowest BCUT2D eigenvalue weighted by Gasteiger charge is -2.34. The van der Waals surface area contributed by atoms with E-state index < -0.39 is 0 Å². The zero-order valence-corrected chi connectivity index (χ0v) is 11.6. The number of hydrogen-bond acceptors (Lipinski definition) is 4. The van der Waals surface area contributed by atoms with Gasteiger partial charge >= 0.3 is 0 Å². The maximum atomic E-state index is 12.4. The third kappa shape index (κ3) is 3.11. The topological polar surface area (TPSA) is 55.8 Å². The number of rotatable bonds is 4. The van der Waals surface area contributed by atoms with Crippen LogP contribution in [0.5, 0.6) is 0 Å². The van der Waals surface area contributed by atoms with Crippen molar-refractivity contribution < 1.29 is 10.0 Å². The smallest absolute Gasteiger partial charge is 0.253 e. The number of nitrogens with one attached hydrogen (secondary N) is 1. The second kappa shape index (κ2) is 5.81. The second-order valence-corrected chi connectivity index (χ2v) is 5.73. The first-order valence-electron chi connectivity index (χ1n) is 7.28. The van der Waals surface area contributed by atoms with Crippen molar-refractivity contribution in [3.05, 3.63) is 29.8 Å². The van der Waals surface area contributed by atoms with E-state index in [0.29, 0.717) is 11.3 Å². The van der Waals surface area contributed by atoms with Gasteiger partial charge in [-0.25, -0.2) is 0 Å². The highest BCUT2D eigenvalue weighted by Gasteiger charge is 2.27. The minimum atomic E-state index is 0.0839. The Labute approximate surface area is 119 Å². The molecule has 1 aromatic rings. The zero-order valence-electron chi connectivity index (χ0n) is 11.6. The molecule has 0 radical (unpaired) electrons. The predicted octanol–water partition coefficient (Wildman–Crippen LogP) is 1.66. The van der Waals surface area contributed by atoms with Crippen molar-refractivity contribution in [2.45, 2.75) is 12.8 Å². The Morgan fingerprint density at radius 3 is 2.35 bits per heavy atom. The molecule has 1 aliphatic carbocycles. The normalized spacial score (nSPS) is 19.9. The fraction of sp³-hybridized carbons (Fsp3) is 0.533. The van der Waals surface area contributed by atoms with Crippen LogP contribution in [-0.2, 0) is 0 Å². The highest BCUT2D eigenvalue weighted by molar-refractivity contribution is 5.94. The van der Waals surface area contributed by atoms with Crippen LogP contribution in [0.25, 0.3) is 0 Å². The van der Waals surface area contributed by atoms with E-state index in [1.54, 1.807) is 24.3 Å². The van der Waals surface area contributed by atoms with E-state index >= 15 is 0 Å². The summed E-state index contributed by atoms with van der Waals surface area (Å²) in [5.74, 6) is 0.997. The highest BCUT2D eigenvalue weighted by Crippen LogP contribution is 2.30. The predicted molar refractivity (Wildman–Crippen MR) is 76.9 cm³/mol. The van der Waals surface area contributed by atoms with E-state index in [9.17, 15) is 4.79 Å². The number of carbonyl (C=O) groups is 1. The summed E-state index contributed by atoms with van der Waals surface area (Å²) in [7, 11) is 0. The minimum Gasteiger partial charge on any atom is -0.336 e. The molecular weight excluding hydrogens is 254 g/mol. The van der Waals surface area contributed by atoms with Gasteiger partial charge in [-0.3, -0.25) is 20.4 Å². The first-order chi connectivity index (χ1) is 9.76. The summed E-state index contributed by atoms with van der Waals surface area (Å²) in [6.07, 6.45) is 2.76. The molecule has 108 valence electrons. The fourth-order valence-corrected chi connectivity index (χ4v) is 2.67. The minimum absolute atomic E-state index is 0.0839.